The molecule has 2 aromatic heterocycles. The number of hydrogen-bond acceptors (Lipinski definition) is 8. The molecule has 0 amide bonds. The fourth-order valence-electron chi connectivity index (χ4n) is 2.87. The number of halogens is 2. The van der Waals surface area contributed by atoms with Crippen LogP contribution >= 0.6 is 34.5 Å². The van der Waals surface area contributed by atoms with Gasteiger partial charge in [0.1, 0.15) is 15.7 Å². The molecular formula is C18H12Cl2N6O3S. The minimum atomic E-state index is -0.687. The summed E-state index contributed by atoms with van der Waals surface area (Å²) in [6.07, 6.45) is 8.02. The highest BCUT2D eigenvalue weighted by atomic mass is 35.5. The number of benzene rings is 1. The number of nitro groups is 1. The van der Waals surface area contributed by atoms with Gasteiger partial charge in [0.15, 0.2) is 5.13 Å². The number of aromatic nitrogens is 3. The molecule has 3 aromatic rings. The second-order valence-electron chi connectivity index (χ2n) is 6.15. The van der Waals surface area contributed by atoms with Gasteiger partial charge in [-0.05, 0) is 18.6 Å². The molecule has 4 rings (SSSR count). The zero-order valence-electron chi connectivity index (χ0n) is 15.0. The number of nitrogens with zero attached hydrogens (tertiary/aromatic N) is 3. The van der Waals surface area contributed by atoms with Crippen LogP contribution in [-0.2, 0) is 0 Å². The molecule has 0 unspecified atom stereocenters. The van der Waals surface area contributed by atoms with Crippen LogP contribution in [0.3, 0.4) is 0 Å². The van der Waals surface area contributed by atoms with Crippen molar-refractivity contribution >= 4 is 69.1 Å². The van der Waals surface area contributed by atoms with Crippen molar-refractivity contribution in [3.8, 4) is 0 Å². The number of imidazole rings is 1. The molecule has 0 aliphatic heterocycles. The molecule has 2 heterocycles. The lowest BCUT2D eigenvalue weighted by Crippen LogP contribution is -2.24. The number of thiazole rings is 1. The second kappa shape index (κ2) is 7.90. The molecule has 4 N–H and O–H groups in total. The van der Waals surface area contributed by atoms with Gasteiger partial charge in [0.2, 0.25) is 5.78 Å². The smallest absolute Gasteiger partial charge is 0.288 e. The summed E-state index contributed by atoms with van der Waals surface area (Å²) < 4.78 is 0. The van der Waals surface area contributed by atoms with Gasteiger partial charge in [0, 0.05) is 11.8 Å². The van der Waals surface area contributed by atoms with Gasteiger partial charge in [0.05, 0.1) is 32.5 Å². The fraction of sp³-hybridized carbons (Fsp3) is 0.0556. The normalized spacial score (nSPS) is 12.8. The Kier molecular flexibility index (Phi) is 5.29. The number of H-pyrrole nitrogens is 1. The Hall–Kier alpha value is -3.21. The molecule has 0 atom stereocenters. The zero-order chi connectivity index (χ0) is 21.4. The molecule has 0 radical (unpaired) electrons. The van der Waals surface area contributed by atoms with Crippen LogP contribution < -0.4 is 21.7 Å². The lowest BCUT2D eigenvalue weighted by molar-refractivity contribution is -0.384. The first-order valence-electron chi connectivity index (χ1n) is 8.47. The van der Waals surface area contributed by atoms with E-state index in [1.807, 2.05) is 18.2 Å². The average Bonchev–Trinajstić information content (AvgIpc) is 3.22. The van der Waals surface area contributed by atoms with Crippen molar-refractivity contribution in [2.75, 3.05) is 11.1 Å². The predicted octanol–water partition coefficient (Wildman–Crippen LogP) is 2.86. The van der Waals surface area contributed by atoms with E-state index in [0.29, 0.717) is 11.6 Å². The Bertz CT molecular complexity index is 1340. The highest BCUT2D eigenvalue weighted by molar-refractivity contribution is 7.18. The van der Waals surface area contributed by atoms with E-state index in [1.54, 1.807) is 6.33 Å². The topological polar surface area (TPSA) is 140 Å². The Labute approximate surface area is 182 Å². The van der Waals surface area contributed by atoms with E-state index in [9.17, 15) is 14.9 Å². The molecule has 12 heteroatoms. The molecule has 0 saturated carbocycles. The summed E-state index contributed by atoms with van der Waals surface area (Å²) in [5.74, 6) is -0.672. The number of nitrogens with one attached hydrogen (secondary N) is 2. The third-order valence-electron chi connectivity index (χ3n) is 4.25. The number of nitrogens with two attached hydrogens (primary N) is 1. The first kappa shape index (κ1) is 20.1. The second-order valence-corrected chi connectivity index (χ2v) is 7.93. The molecule has 1 aromatic carbocycles. The average molecular weight is 463 g/mol. The largest absolute Gasteiger partial charge is 0.382 e. The van der Waals surface area contributed by atoms with Crippen LogP contribution in [0.1, 0.15) is 21.7 Å². The number of nitro benzene ring substituents is 1. The number of aromatic amines is 1. The maximum absolute atomic E-state index is 13.0. The van der Waals surface area contributed by atoms with Crippen molar-refractivity contribution in [3.05, 3.63) is 71.5 Å². The van der Waals surface area contributed by atoms with Crippen molar-refractivity contribution < 1.29 is 9.72 Å². The maximum atomic E-state index is 13.0. The van der Waals surface area contributed by atoms with Gasteiger partial charge >= 0.3 is 0 Å². The molecule has 1 aliphatic rings. The number of nitrogen functional groups attached to an aromatic ring is 1. The van der Waals surface area contributed by atoms with E-state index in [0.717, 1.165) is 33.8 Å². The number of carbonyl (C=O) groups excluding carboxylic acids is 1. The molecule has 152 valence electrons. The number of allylic oxidation sites excluding steroid dienone is 2. The van der Waals surface area contributed by atoms with E-state index in [1.165, 1.54) is 6.07 Å². The summed E-state index contributed by atoms with van der Waals surface area (Å²) in [5, 5.41) is 15.9. The summed E-state index contributed by atoms with van der Waals surface area (Å²) in [5.41, 5.74) is 6.07. The standard InChI is InChI=1S/C18H12Cl2N6O3S/c19-9-4-5-12(26(28)29)14(20)13(9)15(27)16-17(21)25-18(30-16)24-8-2-1-3-10-11(6-8)23-7-22-10/h2-7H,1,21H2,(H,22,23)(H,24,25). The number of rotatable bonds is 5. The minimum absolute atomic E-state index is 0.0139. The Balaban J connectivity index is 1.67. The van der Waals surface area contributed by atoms with E-state index < -0.39 is 16.4 Å². The molecule has 0 fully saturated rings. The van der Waals surface area contributed by atoms with Gasteiger partial charge in [-0.3, -0.25) is 14.9 Å². The first-order valence-corrected chi connectivity index (χ1v) is 10.0. The Morgan fingerprint density at radius 1 is 1.33 bits per heavy atom. The first-order chi connectivity index (χ1) is 14.3. The molecular weight excluding hydrogens is 451 g/mol. The van der Waals surface area contributed by atoms with Gasteiger partial charge in [-0.2, -0.15) is 0 Å². The third kappa shape index (κ3) is 3.67. The fourth-order valence-corrected chi connectivity index (χ4v) is 4.33. The van der Waals surface area contributed by atoms with Crippen LogP contribution in [0.2, 0.25) is 10.0 Å². The van der Waals surface area contributed by atoms with Crippen molar-refractivity contribution in [2.24, 2.45) is 0 Å². The predicted molar refractivity (Wildman–Crippen MR) is 116 cm³/mol. The quantitative estimate of drug-likeness (QED) is 0.300. The van der Waals surface area contributed by atoms with E-state index >= 15 is 0 Å². The molecule has 0 bridgehead atoms. The van der Waals surface area contributed by atoms with Crippen molar-refractivity contribution in [2.45, 2.75) is 6.42 Å². The third-order valence-corrected chi connectivity index (χ3v) is 5.94. The van der Waals surface area contributed by atoms with E-state index in [-0.39, 0.29) is 26.3 Å². The van der Waals surface area contributed by atoms with Crippen LogP contribution in [0.5, 0.6) is 0 Å². The van der Waals surface area contributed by atoms with Crippen molar-refractivity contribution in [1.29, 1.82) is 0 Å². The lowest BCUT2D eigenvalue weighted by Gasteiger charge is -2.05. The summed E-state index contributed by atoms with van der Waals surface area (Å²) in [4.78, 5) is 35.0. The minimum Gasteiger partial charge on any atom is -0.382 e. The number of anilines is 2. The lowest BCUT2D eigenvalue weighted by atomic mass is 10.1. The summed E-state index contributed by atoms with van der Waals surface area (Å²) >= 11 is 13.2. The van der Waals surface area contributed by atoms with E-state index in [2.05, 4.69) is 20.3 Å². The molecule has 9 nitrogen and oxygen atoms in total. The number of fused-ring (bicyclic) bond motifs is 1. The Morgan fingerprint density at radius 3 is 2.90 bits per heavy atom. The van der Waals surface area contributed by atoms with Crippen LogP contribution in [0, 0.1) is 10.1 Å². The number of carbonyl (C=O) groups is 1. The van der Waals surface area contributed by atoms with Gasteiger partial charge in [0.25, 0.3) is 5.69 Å². The number of hydrogen-bond donors (Lipinski definition) is 3. The summed E-state index contributed by atoms with van der Waals surface area (Å²) in [6, 6.07) is 2.39. The van der Waals surface area contributed by atoms with Crippen molar-refractivity contribution in [1.82, 2.24) is 15.0 Å². The van der Waals surface area contributed by atoms with E-state index in [4.69, 9.17) is 28.9 Å². The van der Waals surface area contributed by atoms with Gasteiger partial charge in [-0.15, -0.1) is 0 Å². The van der Waals surface area contributed by atoms with Crippen LogP contribution in [0.15, 0.2) is 30.2 Å². The van der Waals surface area contributed by atoms with Gasteiger partial charge < -0.3 is 16.0 Å². The summed E-state index contributed by atoms with van der Waals surface area (Å²) in [7, 11) is 0. The van der Waals surface area contributed by atoms with Crippen LogP contribution in [0.4, 0.5) is 16.6 Å². The highest BCUT2D eigenvalue weighted by Gasteiger charge is 2.27. The number of ketones is 1. The van der Waals surface area contributed by atoms with Gasteiger partial charge in [-0.1, -0.05) is 46.7 Å². The SMILES string of the molecule is Nc1nc(NC2=CCC=c3nc[nH]c3=C2)sc1C(=O)c1c(Cl)ccc([N+](=O)[O-])c1Cl. The maximum Gasteiger partial charge on any atom is 0.288 e. The van der Waals surface area contributed by atoms with Gasteiger partial charge in [-0.25, -0.2) is 9.97 Å². The summed E-state index contributed by atoms with van der Waals surface area (Å²) in [6.45, 7) is 0. The molecule has 30 heavy (non-hydrogen) atoms. The Morgan fingerprint density at radius 2 is 2.13 bits per heavy atom. The van der Waals surface area contributed by atoms with Crippen molar-refractivity contribution in [3.63, 3.8) is 0 Å². The molecule has 0 saturated heterocycles. The van der Waals surface area contributed by atoms with Crippen LogP contribution in [-0.4, -0.2) is 25.7 Å². The molecule has 0 spiro atoms. The van der Waals surface area contributed by atoms with Crippen LogP contribution in [0.25, 0.3) is 12.2 Å². The molecule has 1 aliphatic carbocycles. The zero-order valence-corrected chi connectivity index (χ0v) is 17.3. The monoisotopic (exact) mass is 462 g/mol. The highest BCUT2D eigenvalue weighted by Crippen LogP contribution is 2.37.